The smallest absolute Gasteiger partial charge is 0.253 e. The SMILES string of the molecule is CC.CC.COc1cccc(-c2[nH]c(C)cc2C(=O)NCC2CCC(c3ccnc(C)c3)CC2)c1. The van der Waals surface area contributed by atoms with Crippen molar-refractivity contribution in [1.29, 1.82) is 0 Å². The van der Waals surface area contributed by atoms with Gasteiger partial charge in [0.05, 0.1) is 18.4 Å². The Kier molecular flexibility index (Phi) is 11.5. The van der Waals surface area contributed by atoms with Gasteiger partial charge < -0.3 is 15.0 Å². The van der Waals surface area contributed by atoms with Crippen LogP contribution in [0.4, 0.5) is 0 Å². The lowest BCUT2D eigenvalue weighted by atomic mass is 9.79. The minimum atomic E-state index is -0.0194. The number of aryl methyl sites for hydroxylation is 2. The predicted octanol–water partition coefficient (Wildman–Crippen LogP) is 7.46. The summed E-state index contributed by atoms with van der Waals surface area (Å²) in [7, 11) is 1.65. The molecule has 5 nitrogen and oxygen atoms in total. The maximum Gasteiger partial charge on any atom is 0.253 e. The van der Waals surface area contributed by atoms with Crippen LogP contribution in [0.15, 0.2) is 48.7 Å². The van der Waals surface area contributed by atoms with E-state index in [2.05, 4.69) is 27.4 Å². The zero-order chi connectivity index (χ0) is 25.8. The van der Waals surface area contributed by atoms with E-state index in [1.807, 2.05) is 78.1 Å². The van der Waals surface area contributed by atoms with Gasteiger partial charge in [0.15, 0.2) is 0 Å². The van der Waals surface area contributed by atoms with E-state index in [1.165, 1.54) is 18.4 Å². The fraction of sp³-hybridized carbons (Fsp3) is 0.467. The first-order valence-corrected chi connectivity index (χ1v) is 13.1. The molecule has 0 aliphatic heterocycles. The van der Waals surface area contributed by atoms with Crippen molar-refractivity contribution in [2.24, 2.45) is 5.92 Å². The van der Waals surface area contributed by atoms with Crippen molar-refractivity contribution in [3.8, 4) is 17.0 Å². The fourth-order valence-electron chi connectivity index (χ4n) is 4.63. The predicted molar refractivity (Wildman–Crippen MR) is 146 cm³/mol. The molecule has 0 saturated heterocycles. The number of nitrogens with zero attached hydrogens (tertiary/aromatic N) is 1. The summed E-state index contributed by atoms with van der Waals surface area (Å²) in [6.45, 7) is 12.7. The van der Waals surface area contributed by atoms with Crippen molar-refractivity contribution in [1.82, 2.24) is 15.3 Å². The quantitative estimate of drug-likeness (QED) is 0.387. The maximum atomic E-state index is 13.0. The van der Waals surface area contributed by atoms with Gasteiger partial charge in [-0.05, 0) is 87.3 Å². The molecular weight excluding hydrogens is 434 g/mol. The number of benzene rings is 1. The van der Waals surface area contributed by atoms with Crippen molar-refractivity contribution >= 4 is 5.91 Å². The number of hydrogen-bond acceptors (Lipinski definition) is 3. The van der Waals surface area contributed by atoms with Crippen LogP contribution < -0.4 is 10.1 Å². The van der Waals surface area contributed by atoms with Crippen molar-refractivity contribution in [3.63, 3.8) is 0 Å². The molecular formula is C30H43N3O2. The third-order valence-corrected chi connectivity index (χ3v) is 6.35. The number of carbonyl (C=O) groups is 1. The molecule has 2 N–H and O–H groups in total. The minimum absolute atomic E-state index is 0.0194. The second kappa shape index (κ2) is 14.3. The Morgan fingerprint density at radius 3 is 2.40 bits per heavy atom. The van der Waals surface area contributed by atoms with Crippen molar-refractivity contribution in [3.05, 3.63) is 71.2 Å². The van der Waals surface area contributed by atoms with Crippen LogP contribution >= 0.6 is 0 Å². The number of hydrogen-bond donors (Lipinski definition) is 2. The normalized spacial score (nSPS) is 16.8. The number of methoxy groups -OCH3 is 1. The topological polar surface area (TPSA) is 67.0 Å². The summed E-state index contributed by atoms with van der Waals surface area (Å²) in [4.78, 5) is 20.7. The molecule has 1 aliphatic rings. The van der Waals surface area contributed by atoms with Gasteiger partial charge in [-0.2, -0.15) is 0 Å². The Balaban J connectivity index is 0.00000103. The number of H-pyrrole nitrogens is 1. The maximum absolute atomic E-state index is 13.0. The molecule has 1 saturated carbocycles. The van der Waals surface area contributed by atoms with Gasteiger partial charge in [-0.25, -0.2) is 0 Å². The Hall–Kier alpha value is -3.08. The minimum Gasteiger partial charge on any atom is -0.497 e. The number of pyridine rings is 1. The molecule has 4 rings (SSSR count). The van der Waals surface area contributed by atoms with E-state index < -0.39 is 0 Å². The number of aromatic nitrogens is 2. The lowest BCUT2D eigenvalue weighted by Crippen LogP contribution is -2.31. The van der Waals surface area contributed by atoms with Crippen molar-refractivity contribution in [2.75, 3.05) is 13.7 Å². The van der Waals surface area contributed by atoms with Crippen LogP contribution in [0.3, 0.4) is 0 Å². The molecule has 0 spiro atoms. The molecule has 1 fully saturated rings. The molecule has 190 valence electrons. The third kappa shape index (κ3) is 7.71. The standard InChI is InChI=1S/C26H31N3O2.2C2H6/c1-17-13-21(11-12-27-17)20-9-7-19(8-10-20)16-28-26(30)24-14-18(2)29-25(24)22-5-4-6-23(15-22)31-3;2*1-2/h4-6,11-15,19-20,29H,7-10,16H2,1-3H3,(H,28,30);2*1-2H3. The first-order valence-electron chi connectivity index (χ1n) is 13.1. The second-order valence-corrected chi connectivity index (χ2v) is 8.63. The molecule has 1 aromatic carbocycles. The second-order valence-electron chi connectivity index (χ2n) is 8.63. The zero-order valence-electron chi connectivity index (χ0n) is 22.6. The van der Waals surface area contributed by atoms with Gasteiger partial charge in [0.25, 0.3) is 5.91 Å². The van der Waals surface area contributed by atoms with Crippen molar-refractivity contribution < 1.29 is 9.53 Å². The molecule has 2 heterocycles. The molecule has 5 heteroatoms. The molecule has 35 heavy (non-hydrogen) atoms. The highest BCUT2D eigenvalue weighted by Crippen LogP contribution is 2.35. The Morgan fingerprint density at radius 2 is 1.74 bits per heavy atom. The van der Waals surface area contributed by atoms with E-state index in [-0.39, 0.29) is 5.91 Å². The summed E-state index contributed by atoms with van der Waals surface area (Å²) in [6, 6.07) is 14.1. The Bertz CT molecular complexity index is 1050. The van der Waals surface area contributed by atoms with Crippen LogP contribution in [0.2, 0.25) is 0 Å². The molecule has 0 bridgehead atoms. The first-order chi connectivity index (χ1) is 17.0. The van der Waals surface area contributed by atoms with Gasteiger partial charge in [0.2, 0.25) is 0 Å². The van der Waals surface area contributed by atoms with Crippen LogP contribution in [0.25, 0.3) is 11.3 Å². The van der Waals surface area contributed by atoms with E-state index in [9.17, 15) is 4.79 Å². The van der Waals surface area contributed by atoms with Crippen LogP contribution in [-0.4, -0.2) is 29.5 Å². The van der Waals surface area contributed by atoms with Crippen molar-refractivity contribution in [2.45, 2.75) is 73.1 Å². The van der Waals surface area contributed by atoms with Crippen LogP contribution in [0, 0.1) is 19.8 Å². The third-order valence-electron chi connectivity index (χ3n) is 6.35. The number of aromatic amines is 1. The average Bonchev–Trinajstić information content (AvgIpc) is 3.31. The molecule has 0 unspecified atom stereocenters. The van der Waals surface area contributed by atoms with E-state index in [4.69, 9.17) is 4.74 Å². The molecule has 1 amide bonds. The Morgan fingerprint density at radius 1 is 1.03 bits per heavy atom. The highest BCUT2D eigenvalue weighted by atomic mass is 16.5. The molecule has 2 aromatic heterocycles. The fourth-order valence-corrected chi connectivity index (χ4v) is 4.63. The Labute approximate surface area is 211 Å². The molecule has 1 aliphatic carbocycles. The number of rotatable bonds is 6. The van der Waals surface area contributed by atoms with Crippen LogP contribution in [0.5, 0.6) is 5.75 Å². The average molecular weight is 478 g/mol. The van der Waals surface area contributed by atoms with Gasteiger partial charge in [-0.15, -0.1) is 0 Å². The van der Waals surface area contributed by atoms with E-state index in [1.54, 1.807) is 7.11 Å². The lowest BCUT2D eigenvalue weighted by Gasteiger charge is -2.29. The van der Waals surface area contributed by atoms with E-state index >= 15 is 0 Å². The largest absolute Gasteiger partial charge is 0.497 e. The lowest BCUT2D eigenvalue weighted by molar-refractivity contribution is 0.0943. The molecule has 0 radical (unpaired) electrons. The van der Waals surface area contributed by atoms with Gasteiger partial charge in [0, 0.05) is 29.7 Å². The number of nitrogens with one attached hydrogen (secondary N) is 2. The number of amides is 1. The summed E-state index contributed by atoms with van der Waals surface area (Å²) in [5.41, 5.74) is 5.93. The number of ether oxygens (including phenoxy) is 1. The summed E-state index contributed by atoms with van der Waals surface area (Å²) in [5, 5.41) is 3.18. The van der Waals surface area contributed by atoms with Crippen LogP contribution in [0.1, 0.15) is 86.6 Å². The summed E-state index contributed by atoms with van der Waals surface area (Å²) in [6.07, 6.45) is 6.53. The highest BCUT2D eigenvalue weighted by molar-refractivity contribution is 6.00. The monoisotopic (exact) mass is 477 g/mol. The summed E-state index contributed by atoms with van der Waals surface area (Å²) >= 11 is 0. The first kappa shape index (κ1) is 28.2. The highest BCUT2D eigenvalue weighted by Gasteiger charge is 2.24. The van der Waals surface area contributed by atoms with Crippen LogP contribution in [-0.2, 0) is 0 Å². The zero-order valence-corrected chi connectivity index (χ0v) is 22.6. The van der Waals surface area contributed by atoms with Gasteiger partial charge in [0.1, 0.15) is 5.75 Å². The van der Waals surface area contributed by atoms with E-state index in [0.29, 0.717) is 17.4 Å². The van der Waals surface area contributed by atoms with Gasteiger partial charge >= 0.3 is 0 Å². The molecule has 0 atom stereocenters. The summed E-state index contributed by atoms with van der Waals surface area (Å²) < 4.78 is 5.34. The van der Waals surface area contributed by atoms with E-state index in [0.717, 1.165) is 47.8 Å². The summed E-state index contributed by atoms with van der Waals surface area (Å²) in [5.74, 6) is 1.90. The van der Waals surface area contributed by atoms with Gasteiger partial charge in [-0.1, -0.05) is 39.8 Å². The molecule has 3 aromatic rings. The number of carbonyl (C=O) groups excluding carboxylic acids is 1. The van der Waals surface area contributed by atoms with Gasteiger partial charge in [-0.3, -0.25) is 9.78 Å².